The van der Waals surface area contributed by atoms with Crippen molar-refractivity contribution in [1.29, 1.82) is 0 Å². The van der Waals surface area contributed by atoms with E-state index >= 15 is 0 Å². The van der Waals surface area contributed by atoms with Crippen LogP contribution >= 0.6 is 0 Å². The molecule has 7 nitrogen and oxygen atoms in total. The minimum absolute atomic E-state index is 0.0183. The molecule has 0 aliphatic carbocycles. The summed E-state index contributed by atoms with van der Waals surface area (Å²) in [6.45, 7) is 3.83. The van der Waals surface area contributed by atoms with Gasteiger partial charge in [-0.1, -0.05) is 6.07 Å². The quantitative estimate of drug-likeness (QED) is 0.513. The average Bonchev–Trinajstić information content (AvgIpc) is 3.05. The molecular weight excluding hydrogens is 390 g/mol. The molecule has 4 rings (SSSR count). The fourth-order valence-corrected chi connectivity index (χ4v) is 3.14. The highest BCUT2D eigenvalue weighted by molar-refractivity contribution is 5.99. The summed E-state index contributed by atoms with van der Waals surface area (Å²) < 4.78 is 35.2. The second kappa shape index (κ2) is 7.58. The molecule has 4 aromatic rings. The van der Waals surface area contributed by atoms with E-state index in [2.05, 4.69) is 20.4 Å². The summed E-state index contributed by atoms with van der Waals surface area (Å²) >= 11 is 0. The minimum atomic E-state index is -1.01. The van der Waals surface area contributed by atoms with Crippen molar-refractivity contribution < 1.29 is 13.5 Å². The first-order chi connectivity index (χ1) is 14.4. The monoisotopic (exact) mass is 410 g/mol. The first-order valence-corrected chi connectivity index (χ1v) is 9.30. The zero-order valence-corrected chi connectivity index (χ0v) is 16.6. The maximum atomic E-state index is 14.6. The van der Waals surface area contributed by atoms with Gasteiger partial charge < -0.3 is 15.8 Å². The Morgan fingerprint density at radius 2 is 1.80 bits per heavy atom. The Morgan fingerprint density at radius 3 is 2.47 bits per heavy atom. The van der Waals surface area contributed by atoms with Crippen molar-refractivity contribution in [1.82, 2.24) is 19.7 Å². The molecule has 9 heteroatoms. The number of ether oxygens (including phenoxy) is 1. The lowest BCUT2D eigenvalue weighted by Gasteiger charge is -2.11. The van der Waals surface area contributed by atoms with E-state index in [1.165, 1.54) is 16.8 Å². The lowest BCUT2D eigenvalue weighted by Crippen LogP contribution is -2.13. The molecule has 0 saturated carbocycles. The van der Waals surface area contributed by atoms with Crippen LogP contribution in [0.2, 0.25) is 0 Å². The van der Waals surface area contributed by atoms with Gasteiger partial charge in [-0.2, -0.15) is 4.98 Å². The fourth-order valence-electron chi connectivity index (χ4n) is 3.14. The van der Waals surface area contributed by atoms with E-state index in [0.29, 0.717) is 16.8 Å². The Hall–Kier alpha value is -3.75. The van der Waals surface area contributed by atoms with E-state index in [9.17, 15) is 8.78 Å². The number of anilines is 2. The van der Waals surface area contributed by atoms with E-state index in [-0.39, 0.29) is 34.7 Å². The molecule has 2 aromatic carbocycles. The summed E-state index contributed by atoms with van der Waals surface area (Å²) in [5.74, 6) is -0.844. The van der Waals surface area contributed by atoms with Gasteiger partial charge >= 0.3 is 0 Å². The standard InChI is InChI=1S/C21H20F2N6O/c1-11(2)25-21-26-18(14-5-4-6-15(22)17(14)23)16-19(24)29(28-20(16)27-21)12-7-9-13(30-3)10-8-12/h4-11H,24H2,1-3H3,(H,25,27,28). The normalized spacial score (nSPS) is 11.3. The molecule has 0 amide bonds. The van der Waals surface area contributed by atoms with Crippen molar-refractivity contribution in [3.63, 3.8) is 0 Å². The fraction of sp³-hybridized carbons (Fsp3) is 0.190. The van der Waals surface area contributed by atoms with Gasteiger partial charge in [-0.05, 0) is 50.2 Å². The van der Waals surface area contributed by atoms with Crippen molar-refractivity contribution in [2.45, 2.75) is 19.9 Å². The first kappa shape index (κ1) is 19.6. The number of benzene rings is 2. The molecule has 0 fully saturated rings. The van der Waals surface area contributed by atoms with E-state index < -0.39 is 11.6 Å². The Kier molecular flexibility index (Phi) is 4.94. The van der Waals surface area contributed by atoms with Gasteiger partial charge in [0.25, 0.3) is 0 Å². The Bertz CT molecular complexity index is 1220. The number of nitrogens with two attached hydrogens (primary N) is 1. The average molecular weight is 410 g/mol. The number of hydrogen-bond acceptors (Lipinski definition) is 6. The van der Waals surface area contributed by atoms with E-state index in [4.69, 9.17) is 10.5 Å². The second-order valence-corrected chi connectivity index (χ2v) is 6.99. The third kappa shape index (κ3) is 3.38. The summed E-state index contributed by atoms with van der Waals surface area (Å²) in [6, 6.07) is 11.0. The number of nitrogens with one attached hydrogen (secondary N) is 1. The predicted molar refractivity (Wildman–Crippen MR) is 112 cm³/mol. The molecule has 154 valence electrons. The molecule has 0 saturated heterocycles. The van der Waals surface area contributed by atoms with E-state index in [1.54, 1.807) is 31.4 Å². The third-order valence-electron chi connectivity index (χ3n) is 4.51. The molecular formula is C21H20F2N6O. The molecule has 30 heavy (non-hydrogen) atoms. The van der Waals surface area contributed by atoms with Crippen LogP contribution in [0.3, 0.4) is 0 Å². The van der Waals surface area contributed by atoms with Gasteiger partial charge in [-0.15, -0.1) is 5.10 Å². The number of rotatable bonds is 5. The zero-order valence-electron chi connectivity index (χ0n) is 16.6. The number of fused-ring (bicyclic) bond motifs is 1. The molecule has 0 aliphatic rings. The summed E-state index contributed by atoms with van der Waals surface area (Å²) in [5.41, 5.74) is 7.44. The molecule has 0 bridgehead atoms. The SMILES string of the molecule is COc1ccc(-n2nc3nc(NC(C)C)nc(-c4cccc(F)c4F)c3c2N)cc1. The smallest absolute Gasteiger partial charge is 0.225 e. The molecule has 2 heterocycles. The maximum absolute atomic E-state index is 14.6. The number of halogens is 2. The molecule has 0 unspecified atom stereocenters. The molecule has 0 atom stereocenters. The second-order valence-electron chi connectivity index (χ2n) is 6.99. The van der Waals surface area contributed by atoms with Gasteiger partial charge in [-0.3, -0.25) is 0 Å². The van der Waals surface area contributed by atoms with Gasteiger partial charge in [0.05, 0.1) is 23.9 Å². The van der Waals surface area contributed by atoms with Crippen LogP contribution in [0.25, 0.3) is 28.0 Å². The van der Waals surface area contributed by atoms with Gasteiger partial charge in [0.15, 0.2) is 17.3 Å². The Labute approximate surface area is 171 Å². The molecule has 0 aliphatic heterocycles. The van der Waals surface area contributed by atoms with Crippen molar-refractivity contribution in [3.8, 4) is 22.7 Å². The molecule has 3 N–H and O–H groups in total. The summed E-state index contributed by atoms with van der Waals surface area (Å²) in [7, 11) is 1.57. The summed E-state index contributed by atoms with van der Waals surface area (Å²) in [5, 5.41) is 7.91. The Morgan fingerprint density at radius 1 is 1.07 bits per heavy atom. The number of hydrogen-bond donors (Lipinski definition) is 2. The van der Waals surface area contributed by atoms with Crippen molar-refractivity contribution in [3.05, 3.63) is 54.1 Å². The molecule has 2 aromatic heterocycles. The van der Waals surface area contributed by atoms with Gasteiger partial charge in [0, 0.05) is 11.6 Å². The van der Waals surface area contributed by atoms with Crippen molar-refractivity contribution in [2.24, 2.45) is 0 Å². The highest BCUT2D eigenvalue weighted by atomic mass is 19.2. The van der Waals surface area contributed by atoms with E-state index in [1.807, 2.05) is 13.8 Å². The van der Waals surface area contributed by atoms with Crippen LogP contribution in [0.5, 0.6) is 5.75 Å². The zero-order chi connectivity index (χ0) is 21.4. The molecule has 0 radical (unpaired) electrons. The van der Waals surface area contributed by atoms with Crippen LogP contribution in [0.15, 0.2) is 42.5 Å². The van der Waals surface area contributed by atoms with Crippen LogP contribution in [-0.2, 0) is 0 Å². The number of aromatic nitrogens is 4. The van der Waals surface area contributed by atoms with Crippen molar-refractivity contribution in [2.75, 3.05) is 18.2 Å². The highest BCUT2D eigenvalue weighted by Crippen LogP contribution is 2.34. The van der Waals surface area contributed by atoms with Crippen LogP contribution in [0.4, 0.5) is 20.5 Å². The summed E-state index contributed by atoms with van der Waals surface area (Å²) in [6.07, 6.45) is 0. The van der Waals surface area contributed by atoms with E-state index in [0.717, 1.165) is 6.07 Å². The number of methoxy groups -OCH3 is 1. The van der Waals surface area contributed by atoms with Gasteiger partial charge in [0.2, 0.25) is 5.95 Å². The number of nitrogen functional groups attached to an aromatic ring is 1. The topological polar surface area (TPSA) is 90.9 Å². The minimum Gasteiger partial charge on any atom is -0.497 e. The van der Waals surface area contributed by atoms with Crippen LogP contribution in [0, 0.1) is 11.6 Å². The van der Waals surface area contributed by atoms with Gasteiger partial charge in [-0.25, -0.2) is 18.4 Å². The third-order valence-corrected chi connectivity index (χ3v) is 4.51. The molecule has 0 spiro atoms. The van der Waals surface area contributed by atoms with Crippen LogP contribution < -0.4 is 15.8 Å². The Balaban J connectivity index is 1.98. The number of nitrogens with zero attached hydrogens (tertiary/aromatic N) is 4. The first-order valence-electron chi connectivity index (χ1n) is 9.30. The summed E-state index contributed by atoms with van der Waals surface area (Å²) in [4.78, 5) is 8.85. The highest BCUT2D eigenvalue weighted by Gasteiger charge is 2.22. The van der Waals surface area contributed by atoms with Crippen molar-refractivity contribution >= 4 is 22.8 Å². The lowest BCUT2D eigenvalue weighted by atomic mass is 10.1. The van der Waals surface area contributed by atoms with Gasteiger partial charge in [0.1, 0.15) is 11.6 Å². The van der Waals surface area contributed by atoms with Crippen LogP contribution in [0.1, 0.15) is 13.8 Å². The maximum Gasteiger partial charge on any atom is 0.225 e. The predicted octanol–water partition coefficient (Wildman–Crippen LogP) is 4.17. The largest absolute Gasteiger partial charge is 0.497 e. The lowest BCUT2D eigenvalue weighted by molar-refractivity contribution is 0.414. The van der Waals surface area contributed by atoms with Crippen LogP contribution in [-0.4, -0.2) is 32.9 Å².